The molecule has 0 saturated carbocycles. The molecule has 5 heteroatoms. The molecule has 110 valence electrons. The van der Waals surface area contributed by atoms with Crippen LogP contribution in [0.3, 0.4) is 0 Å². The fraction of sp³-hybridized carbons (Fsp3) is 0.533. The lowest BCUT2D eigenvalue weighted by Gasteiger charge is -2.18. The zero-order valence-electron chi connectivity index (χ0n) is 12.6. The maximum Gasteiger partial charge on any atom is 0.201 e. The standard InChI is InChI=1S/C15H24N4O/c1-4-18(5-2)10-11-19-12-8-7-9-13(20-6-3)14(12)17-15(19)16/h7-9H,4-6,10-11H2,1-3H3,(H2,16,17). The van der Waals surface area contributed by atoms with Crippen LogP contribution in [-0.2, 0) is 6.54 Å². The molecule has 0 aliphatic carbocycles. The Labute approximate surface area is 120 Å². The van der Waals surface area contributed by atoms with Crippen LogP contribution in [0.15, 0.2) is 18.2 Å². The van der Waals surface area contributed by atoms with E-state index in [4.69, 9.17) is 10.5 Å². The number of benzene rings is 1. The highest BCUT2D eigenvalue weighted by Gasteiger charge is 2.12. The van der Waals surface area contributed by atoms with E-state index in [0.29, 0.717) is 12.6 Å². The molecular formula is C15H24N4O. The predicted molar refractivity (Wildman–Crippen MR) is 83.1 cm³/mol. The number of hydrogen-bond acceptors (Lipinski definition) is 4. The molecule has 0 radical (unpaired) electrons. The monoisotopic (exact) mass is 276 g/mol. The molecule has 2 rings (SSSR count). The van der Waals surface area contributed by atoms with Crippen molar-refractivity contribution >= 4 is 17.0 Å². The van der Waals surface area contributed by atoms with E-state index in [1.165, 1.54) is 0 Å². The number of ether oxygens (including phenoxy) is 1. The molecular weight excluding hydrogens is 252 g/mol. The highest BCUT2D eigenvalue weighted by Crippen LogP contribution is 2.27. The summed E-state index contributed by atoms with van der Waals surface area (Å²) >= 11 is 0. The van der Waals surface area contributed by atoms with Crippen LogP contribution in [0.5, 0.6) is 5.75 Å². The van der Waals surface area contributed by atoms with Gasteiger partial charge in [0.2, 0.25) is 5.95 Å². The summed E-state index contributed by atoms with van der Waals surface area (Å²) in [5.41, 5.74) is 7.96. The van der Waals surface area contributed by atoms with Crippen LogP contribution < -0.4 is 10.5 Å². The second kappa shape index (κ2) is 6.61. The molecule has 1 heterocycles. The lowest BCUT2D eigenvalue weighted by molar-refractivity contribution is 0.292. The summed E-state index contributed by atoms with van der Waals surface area (Å²) in [5.74, 6) is 1.36. The van der Waals surface area contributed by atoms with Crippen molar-refractivity contribution in [1.29, 1.82) is 0 Å². The summed E-state index contributed by atoms with van der Waals surface area (Å²) in [6, 6.07) is 5.97. The Morgan fingerprint density at radius 3 is 2.65 bits per heavy atom. The van der Waals surface area contributed by atoms with Gasteiger partial charge in [0.05, 0.1) is 12.1 Å². The smallest absolute Gasteiger partial charge is 0.201 e. The molecule has 5 nitrogen and oxygen atoms in total. The van der Waals surface area contributed by atoms with E-state index >= 15 is 0 Å². The van der Waals surface area contributed by atoms with E-state index < -0.39 is 0 Å². The fourth-order valence-electron chi connectivity index (χ4n) is 2.43. The summed E-state index contributed by atoms with van der Waals surface area (Å²) in [6.45, 7) is 10.9. The van der Waals surface area contributed by atoms with E-state index in [-0.39, 0.29) is 0 Å². The van der Waals surface area contributed by atoms with Crippen molar-refractivity contribution in [3.8, 4) is 5.75 Å². The first-order valence-corrected chi connectivity index (χ1v) is 7.31. The zero-order chi connectivity index (χ0) is 14.5. The van der Waals surface area contributed by atoms with Gasteiger partial charge in [-0.1, -0.05) is 19.9 Å². The Balaban J connectivity index is 2.29. The molecule has 0 atom stereocenters. The molecule has 0 fully saturated rings. The second-order valence-corrected chi connectivity index (χ2v) is 4.71. The molecule has 0 unspecified atom stereocenters. The summed E-state index contributed by atoms with van der Waals surface area (Å²) < 4.78 is 7.68. The van der Waals surface area contributed by atoms with Gasteiger partial charge in [-0.25, -0.2) is 4.98 Å². The van der Waals surface area contributed by atoms with Crippen LogP contribution in [0.4, 0.5) is 5.95 Å². The summed E-state index contributed by atoms with van der Waals surface area (Å²) in [6.07, 6.45) is 0. The maximum atomic E-state index is 6.07. The van der Waals surface area contributed by atoms with E-state index in [0.717, 1.165) is 43.0 Å². The molecule has 0 aliphatic rings. The number of fused-ring (bicyclic) bond motifs is 1. The third kappa shape index (κ3) is 2.88. The summed E-state index contributed by atoms with van der Waals surface area (Å²) in [5, 5.41) is 0. The molecule has 0 saturated heterocycles. The zero-order valence-corrected chi connectivity index (χ0v) is 12.6. The van der Waals surface area contributed by atoms with Gasteiger partial charge in [0.25, 0.3) is 0 Å². The van der Waals surface area contributed by atoms with Crippen LogP contribution in [0.25, 0.3) is 11.0 Å². The molecule has 1 aromatic heterocycles. The van der Waals surface area contributed by atoms with Crippen LogP contribution >= 0.6 is 0 Å². The van der Waals surface area contributed by atoms with E-state index in [9.17, 15) is 0 Å². The van der Waals surface area contributed by atoms with Gasteiger partial charge in [-0.15, -0.1) is 0 Å². The topological polar surface area (TPSA) is 56.3 Å². The largest absolute Gasteiger partial charge is 0.492 e. The molecule has 0 bridgehead atoms. The number of nitrogen functional groups attached to an aromatic ring is 1. The summed E-state index contributed by atoms with van der Waals surface area (Å²) in [4.78, 5) is 6.83. The minimum absolute atomic E-state index is 0.555. The first-order valence-electron chi connectivity index (χ1n) is 7.31. The second-order valence-electron chi connectivity index (χ2n) is 4.71. The number of para-hydroxylation sites is 1. The van der Waals surface area contributed by atoms with Gasteiger partial charge in [0.1, 0.15) is 11.3 Å². The lowest BCUT2D eigenvalue weighted by atomic mass is 10.3. The van der Waals surface area contributed by atoms with Gasteiger partial charge in [0, 0.05) is 13.1 Å². The van der Waals surface area contributed by atoms with Crippen molar-refractivity contribution in [3.05, 3.63) is 18.2 Å². The van der Waals surface area contributed by atoms with Crippen molar-refractivity contribution in [2.45, 2.75) is 27.3 Å². The first kappa shape index (κ1) is 14.7. The minimum atomic E-state index is 0.555. The number of nitrogens with two attached hydrogens (primary N) is 1. The highest BCUT2D eigenvalue weighted by molar-refractivity contribution is 5.84. The average Bonchev–Trinajstić information content (AvgIpc) is 2.78. The first-order chi connectivity index (χ1) is 9.71. The lowest BCUT2D eigenvalue weighted by Crippen LogP contribution is -2.27. The summed E-state index contributed by atoms with van der Waals surface area (Å²) in [7, 11) is 0. The molecule has 0 aliphatic heterocycles. The highest BCUT2D eigenvalue weighted by atomic mass is 16.5. The quantitative estimate of drug-likeness (QED) is 0.843. The van der Waals surface area contributed by atoms with Gasteiger partial charge >= 0.3 is 0 Å². The molecule has 2 aromatic rings. The average molecular weight is 276 g/mol. The van der Waals surface area contributed by atoms with Gasteiger partial charge in [-0.05, 0) is 32.1 Å². The van der Waals surface area contributed by atoms with Gasteiger partial charge in [-0.3, -0.25) is 0 Å². The molecule has 2 N–H and O–H groups in total. The van der Waals surface area contributed by atoms with E-state index in [2.05, 4.69) is 28.3 Å². The maximum absolute atomic E-state index is 6.07. The van der Waals surface area contributed by atoms with Crippen molar-refractivity contribution in [2.75, 3.05) is 32.0 Å². The molecule has 0 amide bonds. The molecule has 0 spiro atoms. The van der Waals surface area contributed by atoms with Crippen LogP contribution in [-0.4, -0.2) is 40.7 Å². The number of nitrogens with zero attached hydrogens (tertiary/aromatic N) is 3. The van der Waals surface area contributed by atoms with Gasteiger partial charge in [0.15, 0.2) is 0 Å². The van der Waals surface area contributed by atoms with Crippen molar-refractivity contribution < 1.29 is 4.74 Å². The van der Waals surface area contributed by atoms with Crippen LogP contribution in [0.1, 0.15) is 20.8 Å². The third-order valence-corrected chi connectivity index (χ3v) is 3.61. The number of anilines is 1. The van der Waals surface area contributed by atoms with E-state index in [1.54, 1.807) is 0 Å². The Morgan fingerprint density at radius 2 is 2.00 bits per heavy atom. The number of likely N-dealkylation sites (N-methyl/N-ethyl adjacent to an activating group) is 1. The van der Waals surface area contributed by atoms with Crippen LogP contribution in [0, 0.1) is 0 Å². The number of rotatable bonds is 7. The number of hydrogen-bond donors (Lipinski definition) is 1. The normalized spacial score (nSPS) is 11.4. The van der Waals surface area contributed by atoms with E-state index in [1.807, 2.05) is 25.1 Å². The number of aromatic nitrogens is 2. The SMILES string of the molecule is CCOc1cccc2c1nc(N)n2CCN(CC)CC. The number of imidazole rings is 1. The Bertz CT molecular complexity index is 560. The van der Waals surface area contributed by atoms with Gasteiger partial charge in [-0.2, -0.15) is 0 Å². The predicted octanol–water partition coefficient (Wildman–Crippen LogP) is 2.36. The van der Waals surface area contributed by atoms with Crippen molar-refractivity contribution in [3.63, 3.8) is 0 Å². The fourth-order valence-corrected chi connectivity index (χ4v) is 2.43. The minimum Gasteiger partial charge on any atom is -0.492 e. The molecule has 20 heavy (non-hydrogen) atoms. The Hall–Kier alpha value is -1.75. The van der Waals surface area contributed by atoms with Gasteiger partial charge < -0.3 is 19.9 Å². The van der Waals surface area contributed by atoms with Crippen molar-refractivity contribution in [1.82, 2.24) is 14.5 Å². The van der Waals surface area contributed by atoms with Crippen LogP contribution in [0.2, 0.25) is 0 Å². The third-order valence-electron chi connectivity index (χ3n) is 3.61. The van der Waals surface area contributed by atoms with Crippen molar-refractivity contribution in [2.24, 2.45) is 0 Å². The Kier molecular flexibility index (Phi) is 4.84. The Morgan fingerprint density at radius 1 is 1.25 bits per heavy atom. The molecule has 1 aromatic carbocycles.